The molecule has 0 aliphatic rings. The Balaban J connectivity index is 3.17. The molecule has 0 aromatic carbocycles. The average molecular weight is 133 g/mol. The van der Waals surface area contributed by atoms with E-state index in [2.05, 4.69) is 6.92 Å². The summed E-state index contributed by atoms with van der Waals surface area (Å²) in [7, 11) is 1.03. The van der Waals surface area contributed by atoms with Gasteiger partial charge in [-0.05, 0) is 18.0 Å². The molecule has 0 rings (SSSR count). The molecule has 0 amide bonds. The molecule has 8 heavy (non-hydrogen) atoms. The van der Waals surface area contributed by atoms with E-state index in [0.29, 0.717) is 11.6 Å². The molecule has 1 unspecified atom stereocenters. The Hall–Kier alpha value is 0.137. The molecule has 0 bridgehead atoms. The van der Waals surface area contributed by atoms with Crippen molar-refractivity contribution in [3.05, 3.63) is 0 Å². The maximum atomic E-state index is 8.45. The second kappa shape index (κ2) is 4.06. The van der Waals surface area contributed by atoms with Crippen molar-refractivity contribution in [1.29, 1.82) is 0 Å². The van der Waals surface area contributed by atoms with Crippen molar-refractivity contribution in [2.45, 2.75) is 19.0 Å². The molecule has 2 nitrogen and oxygen atoms in total. The van der Waals surface area contributed by atoms with Gasteiger partial charge in [0.1, 0.15) is 0 Å². The van der Waals surface area contributed by atoms with Crippen LogP contribution in [0.25, 0.3) is 0 Å². The topological polar surface area (TPSA) is 46.2 Å². The van der Waals surface area contributed by atoms with Crippen molar-refractivity contribution in [3.8, 4) is 0 Å². The highest BCUT2D eigenvalue weighted by Crippen LogP contribution is 2.00. The highest BCUT2D eigenvalue weighted by molar-refractivity contribution is 6.11. The maximum Gasteiger partial charge on any atom is 0.0434 e. The van der Waals surface area contributed by atoms with E-state index in [-0.39, 0.29) is 6.61 Å². The standard InChI is InChI=1S/C5H15NOSi/c1-4(2-3-7)5(6)8/h4-5,7H,2-3,6H2,1,8H3/t4-,5?/m0/s1. The van der Waals surface area contributed by atoms with Crippen molar-refractivity contribution in [3.63, 3.8) is 0 Å². The second-order valence-electron chi connectivity index (χ2n) is 2.35. The number of aliphatic hydroxyl groups excluding tert-OH is 1. The Morgan fingerprint density at radius 3 is 2.38 bits per heavy atom. The summed E-state index contributed by atoms with van der Waals surface area (Å²) in [6, 6.07) is 0. The number of rotatable bonds is 3. The zero-order valence-electron chi connectivity index (χ0n) is 5.59. The third kappa shape index (κ3) is 3.18. The molecular formula is C5H15NOSi. The number of nitrogens with two attached hydrogens (primary N) is 1. The summed E-state index contributed by atoms with van der Waals surface area (Å²) < 4.78 is 0. The lowest BCUT2D eigenvalue weighted by atomic mass is 10.1. The van der Waals surface area contributed by atoms with Crippen molar-refractivity contribution in [2.75, 3.05) is 6.61 Å². The third-order valence-electron chi connectivity index (χ3n) is 1.48. The van der Waals surface area contributed by atoms with Gasteiger partial charge in [0.05, 0.1) is 0 Å². The van der Waals surface area contributed by atoms with E-state index in [9.17, 15) is 0 Å². The summed E-state index contributed by atoms with van der Waals surface area (Å²) in [5, 5.41) is 8.45. The summed E-state index contributed by atoms with van der Waals surface area (Å²) in [5.74, 6) is 0.506. The van der Waals surface area contributed by atoms with Crippen LogP contribution in [0.1, 0.15) is 13.3 Å². The van der Waals surface area contributed by atoms with Gasteiger partial charge in [0.25, 0.3) is 0 Å². The third-order valence-corrected chi connectivity index (χ3v) is 2.62. The molecule has 3 heteroatoms. The van der Waals surface area contributed by atoms with Crippen molar-refractivity contribution < 1.29 is 5.11 Å². The van der Waals surface area contributed by atoms with Gasteiger partial charge in [0.15, 0.2) is 0 Å². The van der Waals surface area contributed by atoms with E-state index in [0.717, 1.165) is 16.7 Å². The van der Waals surface area contributed by atoms with E-state index in [1.54, 1.807) is 0 Å². The minimum absolute atomic E-state index is 0.275. The molecular weight excluding hydrogens is 118 g/mol. The summed E-state index contributed by atoms with van der Waals surface area (Å²) in [4.78, 5) is 0. The van der Waals surface area contributed by atoms with Crippen LogP contribution in [0.15, 0.2) is 0 Å². The summed E-state index contributed by atoms with van der Waals surface area (Å²) >= 11 is 0. The monoisotopic (exact) mass is 133 g/mol. The van der Waals surface area contributed by atoms with Crippen LogP contribution in [-0.4, -0.2) is 27.6 Å². The van der Waals surface area contributed by atoms with Crippen LogP contribution < -0.4 is 5.73 Å². The lowest BCUT2D eigenvalue weighted by molar-refractivity contribution is 0.260. The zero-order valence-corrected chi connectivity index (χ0v) is 7.59. The summed E-state index contributed by atoms with van der Waals surface area (Å²) in [6.45, 7) is 2.35. The molecule has 0 aliphatic carbocycles. The largest absolute Gasteiger partial charge is 0.396 e. The number of hydrogen-bond acceptors (Lipinski definition) is 2. The predicted molar refractivity (Wildman–Crippen MR) is 38.8 cm³/mol. The number of aliphatic hydroxyl groups is 1. The van der Waals surface area contributed by atoms with Gasteiger partial charge in [-0.1, -0.05) is 6.92 Å². The fourth-order valence-corrected chi connectivity index (χ4v) is 0.800. The van der Waals surface area contributed by atoms with Gasteiger partial charge in [0.2, 0.25) is 0 Å². The highest BCUT2D eigenvalue weighted by atomic mass is 28.1. The van der Waals surface area contributed by atoms with Crippen LogP contribution in [0.4, 0.5) is 0 Å². The smallest absolute Gasteiger partial charge is 0.0434 e. The lowest BCUT2D eigenvalue weighted by Crippen LogP contribution is -2.28. The van der Waals surface area contributed by atoms with Gasteiger partial charge in [0, 0.05) is 16.8 Å². The fourth-order valence-electron chi connectivity index (χ4n) is 0.467. The molecule has 0 saturated heterocycles. The van der Waals surface area contributed by atoms with Gasteiger partial charge in [-0.3, -0.25) is 0 Å². The van der Waals surface area contributed by atoms with Crippen LogP contribution in [-0.2, 0) is 0 Å². The lowest BCUT2D eigenvalue weighted by Gasteiger charge is -2.12. The minimum atomic E-state index is 0.275. The molecule has 0 heterocycles. The van der Waals surface area contributed by atoms with Crippen molar-refractivity contribution >= 4 is 10.2 Å². The van der Waals surface area contributed by atoms with Crippen LogP contribution in [0.3, 0.4) is 0 Å². The first-order valence-electron chi connectivity index (χ1n) is 3.05. The number of hydrogen-bond donors (Lipinski definition) is 2. The van der Waals surface area contributed by atoms with Crippen LogP contribution in [0.2, 0.25) is 0 Å². The fraction of sp³-hybridized carbons (Fsp3) is 1.00. The highest BCUT2D eigenvalue weighted by Gasteiger charge is 2.04. The molecule has 0 fully saturated rings. The van der Waals surface area contributed by atoms with Crippen LogP contribution in [0, 0.1) is 5.92 Å². The summed E-state index contributed by atoms with van der Waals surface area (Å²) in [5.41, 5.74) is 5.92. The van der Waals surface area contributed by atoms with Gasteiger partial charge in [-0.15, -0.1) is 0 Å². The predicted octanol–water partition coefficient (Wildman–Crippen LogP) is -1.34. The van der Waals surface area contributed by atoms with Gasteiger partial charge < -0.3 is 10.8 Å². The van der Waals surface area contributed by atoms with E-state index in [4.69, 9.17) is 10.8 Å². The van der Waals surface area contributed by atoms with Crippen molar-refractivity contribution in [1.82, 2.24) is 0 Å². The Labute approximate surface area is 53.5 Å². The van der Waals surface area contributed by atoms with E-state index >= 15 is 0 Å². The zero-order chi connectivity index (χ0) is 6.57. The first-order chi connectivity index (χ1) is 3.68. The molecule has 0 spiro atoms. The molecule has 0 aromatic rings. The Morgan fingerprint density at radius 1 is 1.75 bits per heavy atom. The Kier molecular flexibility index (Phi) is 4.13. The van der Waals surface area contributed by atoms with E-state index in [1.807, 2.05) is 0 Å². The Morgan fingerprint density at radius 2 is 2.25 bits per heavy atom. The SMILES string of the molecule is C[C@@H](CCO)C(N)[SiH3]. The molecule has 0 saturated carbocycles. The summed E-state index contributed by atoms with van der Waals surface area (Å²) in [6.07, 6.45) is 0.852. The van der Waals surface area contributed by atoms with E-state index < -0.39 is 0 Å². The molecule has 50 valence electrons. The first-order valence-corrected chi connectivity index (χ1v) is 4.20. The maximum absolute atomic E-state index is 8.45. The van der Waals surface area contributed by atoms with Crippen LogP contribution in [0.5, 0.6) is 0 Å². The van der Waals surface area contributed by atoms with Gasteiger partial charge >= 0.3 is 0 Å². The van der Waals surface area contributed by atoms with Gasteiger partial charge in [-0.2, -0.15) is 0 Å². The molecule has 0 radical (unpaired) electrons. The van der Waals surface area contributed by atoms with Gasteiger partial charge in [-0.25, -0.2) is 0 Å². The molecule has 2 atom stereocenters. The molecule has 0 aliphatic heterocycles. The molecule has 3 N–H and O–H groups in total. The average Bonchev–Trinajstić information content (AvgIpc) is 1.67. The van der Waals surface area contributed by atoms with E-state index in [1.165, 1.54) is 0 Å². The normalized spacial score (nSPS) is 18.4. The first kappa shape index (κ1) is 8.14. The Bertz CT molecular complexity index is 58.4. The molecule has 0 aromatic heterocycles. The second-order valence-corrected chi connectivity index (χ2v) is 3.68. The quantitative estimate of drug-likeness (QED) is 0.468. The van der Waals surface area contributed by atoms with Crippen molar-refractivity contribution in [2.24, 2.45) is 11.7 Å². The minimum Gasteiger partial charge on any atom is -0.396 e. The van der Waals surface area contributed by atoms with Crippen LogP contribution >= 0.6 is 0 Å².